The summed E-state index contributed by atoms with van der Waals surface area (Å²) in [6, 6.07) is 9.75. The van der Waals surface area contributed by atoms with E-state index in [1.807, 2.05) is 39.0 Å². The lowest BCUT2D eigenvalue weighted by molar-refractivity contribution is -0.115. The van der Waals surface area contributed by atoms with E-state index in [1.54, 1.807) is 0 Å². The predicted molar refractivity (Wildman–Crippen MR) is 97.6 cm³/mol. The van der Waals surface area contributed by atoms with E-state index < -0.39 is 17.6 Å². The molecule has 132 valence electrons. The lowest BCUT2D eigenvalue weighted by Gasteiger charge is -2.16. The molecule has 0 atom stereocenters. The number of carbonyl (C=O) groups is 2. The van der Waals surface area contributed by atoms with Gasteiger partial charge in [-0.2, -0.15) is 0 Å². The largest absolute Gasteiger partial charge is 0.343 e. The molecule has 0 aliphatic heterocycles. The van der Waals surface area contributed by atoms with Crippen LogP contribution in [0, 0.1) is 12.7 Å². The minimum Gasteiger partial charge on any atom is -0.343 e. The van der Waals surface area contributed by atoms with E-state index in [9.17, 15) is 14.0 Å². The average molecular weight is 363 g/mol. The van der Waals surface area contributed by atoms with Gasteiger partial charge >= 0.3 is 0 Å². The lowest BCUT2D eigenvalue weighted by Crippen LogP contribution is -2.33. The average Bonchev–Trinajstić information content (AvgIpc) is 2.54. The summed E-state index contributed by atoms with van der Waals surface area (Å²) in [5, 5.41) is 5.21. The molecule has 0 saturated heterocycles. The van der Waals surface area contributed by atoms with Crippen molar-refractivity contribution in [3.63, 3.8) is 0 Å². The Morgan fingerprint density at radius 1 is 1.16 bits per heavy atom. The Morgan fingerprint density at radius 2 is 1.84 bits per heavy atom. The molecule has 2 aromatic rings. The van der Waals surface area contributed by atoms with Crippen LogP contribution in [0.1, 0.15) is 41.3 Å². The van der Waals surface area contributed by atoms with Gasteiger partial charge < -0.3 is 10.6 Å². The van der Waals surface area contributed by atoms with Gasteiger partial charge in [0, 0.05) is 5.69 Å². The van der Waals surface area contributed by atoms with Crippen molar-refractivity contribution in [1.82, 2.24) is 5.32 Å². The second-order valence-electron chi connectivity index (χ2n) is 6.02. The Balaban J connectivity index is 2.06. The number of carbonyl (C=O) groups excluding carboxylic acids is 2. The first-order valence-electron chi connectivity index (χ1n) is 7.92. The van der Waals surface area contributed by atoms with Crippen LogP contribution in [0.2, 0.25) is 5.02 Å². The number of amides is 2. The monoisotopic (exact) mass is 362 g/mol. The first-order chi connectivity index (χ1) is 11.8. The van der Waals surface area contributed by atoms with Crippen LogP contribution >= 0.6 is 11.6 Å². The number of anilines is 1. The summed E-state index contributed by atoms with van der Waals surface area (Å²) in [6.07, 6.45) is 0. The van der Waals surface area contributed by atoms with Gasteiger partial charge in [-0.05, 0) is 36.1 Å². The number of hydrogen-bond acceptors (Lipinski definition) is 2. The fourth-order valence-corrected chi connectivity index (χ4v) is 2.74. The molecule has 0 saturated carbocycles. The number of halogens is 2. The van der Waals surface area contributed by atoms with Crippen LogP contribution < -0.4 is 10.6 Å². The van der Waals surface area contributed by atoms with Crippen molar-refractivity contribution in [2.75, 3.05) is 11.9 Å². The van der Waals surface area contributed by atoms with Crippen molar-refractivity contribution < 1.29 is 14.0 Å². The number of nitrogens with one attached hydrogen (secondary N) is 2. The third kappa shape index (κ3) is 4.57. The molecule has 0 aromatic heterocycles. The first-order valence-corrected chi connectivity index (χ1v) is 8.30. The summed E-state index contributed by atoms with van der Waals surface area (Å²) in [5.41, 5.74) is 2.41. The molecule has 0 fully saturated rings. The number of hydrogen-bond donors (Lipinski definition) is 2. The maximum absolute atomic E-state index is 13.7. The Labute approximate surface area is 151 Å². The molecular weight excluding hydrogens is 343 g/mol. The summed E-state index contributed by atoms with van der Waals surface area (Å²) < 4.78 is 13.7. The number of para-hydroxylation sites is 1. The van der Waals surface area contributed by atoms with Crippen LogP contribution in [0.4, 0.5) is 10.1 Å². The molecular formula is C19H20ClFN2O2. The number of rotatable bonds is 5. The van der Waals surface area contributed by atoms with Crippen molar-refractivity contribution in [2.45, 2.75) is 26.7 Å². The zero-order valence-corrected chi connectivity index (χ0v) is 15.1. The first kappa shape index (κ1) is 18.9. The van der Waals surface area contributed by atoms with Crippen LogP contribution in [0.15, 0.2) is 36.4 Å². The standard InChI is InChI=1S/C19H20ClFN2O2/c1-11(2)13-7-4-6-12(3)18(13)23-16(24)10-22-19(25)17-14(20)8-5-9-15(17)21/h4-9,11H,10H2,1-3H3,(H,22,25)(H,23,24). The highest BCUT2D eigenvalue weighted by Crippen LogP contribution is 2.27. The van der Waals surface area contributed by atoms with Gasteiger partial charge in [-0.3, -0.25) is 9.59 Å². The van der Waals surface area contributed by atoms with Crippen molar-refractivity contribution in [3.8, 4) is 0 Å². The Kier molecular flexibility index (Phi) is 6.15. The highest BCUT2D eigenvalue weighted by Gasteiger charge is 2.17. The summed E-state index contributed by atoms with van der Waals surface area (Å²) in [7, 11) is 0. The maximum Gasteiger partial charge on any atom is 0.256 e. The number of benzene rings is 2. The molecule has 0 radical (unpaired) electrons. The van der Waals surface area contributed by atoms with Gasteiger partial charge in [0.2, 0.25) is 5.91 Å². The van der Waals surface area contributed by atoms with E-state index in [0.29, 0.717) is 0 Å². The molecule has 6 heteroatoms. The molecule has 0 spiro atoms. The van der Waals surface area contributed by atoms with Crippen LogP contribution in [0.5, 0.6) is 0 Å². The van der Waals surface area contributed by atoms with Gasteiger partial charge in [-0.15, -0.1) is 0 Å². The van der Waals surface area contributed by atoms with Crippen LogP contribution in [0.25, 0.3) is 0 Å². The number of aryl methyl sites for hydroxylation is 1. The van der Waals surface area contributed by atoms with Gasteiger partial charge in [0.1, 0.15) is 5.82 Å². The van der Waals surface area contributed by atoms with Gasteiger partial charge in [0.05, 0.1) is 17.1 Å². The highest BCUT2D eigenvalue weighted by molar-refractivity contribution is 6.33. The van der Waals surface area contributed by atoms with Crippen molar-refractivity contribution >= 4 is 29.1 Å². The fraction of sp³-hybridized carbons (Fsp3) is 0.263. The predicted octanol–water partition coefficient (Wildman–Crippen LogP) is 4.28. The topological polar surface area (TPSA) is 58.2 Å². The molecule has 0 heterocycles. The molecule has 0 bridgehead atoms. The van der Waals surface area contributed by atoms with E-state index in [2.05, 4.69) is 10.6 Å². The van der Waals surface area contributed by atoms with E-state index in [4.69, 9.17) is 11.6 Å². The zero-order chi connectivity index (χ0) is 18.6. The van der Waals surface area contributed by atoms with E-state index in [1.165, 1.54) is 12.1 Å². The summed E-state index contributed by atoms with van der Waals surface area (Å²) in [4.78, 5) is 24.3. The quantitative estimate of drug-likeness (QED) is 0.834. The van der Waals surface area contributed by atoms with E-state index in [0.717, 1.165) is 22.9 Å². The second-order valence-corrected chi connectivity index (χ2v) is 6.43. The molecule has 2 aromatic carbocycles. The zero-order valence-electron chi connectivity index (χ0n) is 14.3. The highest BCUT2D eigenvalue weighted by atomic mass is 35.5. The molecule has 0 unspecified atom stereocenters. The second kappa shape index (κ2) is 8.12. The Morgan fingerprint density at radius 3 is 2.48 bits per heavy atom. The van der Waals surface area contributed by atoms with Crippen LogP contribution in [0.3, 0.4) is 0 Å². The Bertz CT molecular complexity index is 786. The Hall–Kier alpha value is -2.40. The fourth-order valence-electron chi connectivity index (χ4n) is 2.49. The van der Waals surface area contributed by atoms with Crippen LogP contribution in [-0.2, 0) is 4.79 Å². The minimum absolute atomic E-state index is 0.00101. The van der Waals surface area contributed by atoms with Crippen molar-refractivity contribution in [2.24, 2.45) is 0 Å². The maximum atomic E-state index is 13.7. The van der Waals surface area contributed by atoms with E-state index in [-0.39, 0.29) is 23.0 Å². The summed E-state index contributed by atoms with van der Waals surface area (Å²) in [5.74, 6) is -1.61. The minimum atomic E-state index is -0.730. The molecule has 4 nitrogen and oxygen atoms in total. The molecule has 25 heavy (non-hydrogen) atoms. The third-order valence-corrected chi connectivity index (χ3v) is 4.11. The van der Waals surface area contributed by atoms with Gasteiger partial charge in [0.25, 0.3) is 5.91 Å². The van der Waals surface area contributed by atoms with E-state index >= 15 is 0 Å². The molecule has 0 aliphatic carbocycles. The molecule has 2 N–H and O–H groups in total. The summed E-state index contributed by atoms with van der Waals surface area (Å²) in [6.45, 7) is 5.69. The summed E-state index contributed by atoms with van der Waals surface area (Å²) >= 11 is 5.84. The van der Waals surface area contributed by atoms with Crippen molar-refractivity contribution in [1.29, 1.82) is 0 Å². The normalized spacial score (nSPS) is 10.6. The van der Waals surface area contributed by atoms with Crippen molar-refractivity contribution in [3.05, 3.63) is 63.9 Å². The SMILES string of the molecule is Cc1cccc(C(C)C)c1NC(=O)CNC(=O)c1c(F)cccc1Cl. The third-order valence-electron chi connectivity index (χ3n) is 3.79. The molecule has 2 rings (SSSR count). The smallest absolute Gasteiger partial charge is 0.256 e. The molecule has 2 amide bonds. The lowest BCUT2D eigenvalue weighted by atomic mass is 9.98. The van der Waals surface area contributed by atoms with Crippen LogP contribution in [-0.4, -0.2) is 18.4 Å². The van der Waals surface area contributed by atoms with Gasteiger partial charge in [-0.25, -0.2) is 4.39 Å². The molecule has 0 aliphatic rings. The van der Waals surface area contributed by atoms with Gasteiger partial charge in [-0.1, -0.05) is 49.7 Å². The van der Waals surface area contributed by atoms with Gasteiger partial charge in [0.15, 0.2) is 0 Å².